The van der Waals surface area contributed by atoms with Crippen molar-refractivity contribution in [1.29, 1.82) is 0 Å². The third-order valence-corrected chi connectivity index (χ3v) is 7.49. The number of nitrogens with zero attached hydrogens (tertiary/aromatic N) is 6. The Balaban J connectivity index is 1.48. The number of carbonyl (C=O) groups is 2. The van der Waals surface area contributed by atoms with Crippen molar-refractivity contribution < 1.29 is 19.1 Å². The highest BCUT2D eigenvalue weighted by atomic mass is 16.6. The molecule has 2 amide bonds. The third kappa shape index (κ3) is 5.91. The maximum Gasteiger partial charge on any atom is 0.410 e. The number of amides is 2. The highest BCUT2D eigenvalue weighted by Crippen LogP contribution is 2.33. The fraction of sp³-hybridized carbons (Fsp3) is 0.483. The number of aryl methyl sites for hydroxylation is 1. The van der Waals surface area contributed by atoms with Crippen LogP contribution in [0, 0.1) is 13.8 Å². The molecule has 0 saturated carbocycles. The van der Waals surface area contributed by atoms with E-state index in [2.05, 4.69) is 16.4 Å². The SMILES string of the molecule is COc1cc(-n2cnc(Nc3nc4c(c(N5CCC[C@H]5C(N)=O)n3)CCN(C(=O)OC(C)(C)C)C4)c2)cc(C)c1C. The maximum atomic E-state index is 12.9. The second kappa shape index (κ2) is 10.9. The van der Waals surface area contributed by atoms with Crippen LogP contribution in [-0.2, 0) is 22.5 Å². The Bertz CT molecular complexity index is 1480. The highest BCUT2D eigenvalue weighted by Gasteiger charge is 2.35. The lowest BCUT2D eigenvalue weighted by Crippen LogP contribution is -2.43. The Hall–Kier alpha value is -4.35. The minimum absolute atomic E-state index is 0.264. The van der Waals surface area contributed by atoms with Crippen molar-refractivity contribution in [3.8, 4) is 11.4 Å². The Morgan fingerprint density at radius 2 is 1.93 bits per heavy atom. The monoisotopic (exact) mass is 562 g/mol. The zero-order valence-electron chi connectivity index (χ0n) is 24.5. The van der Waals surface area contributed by atoms with Crippen molar-refractivity contribution in [2.75, 3.05) is 30.4 Å². The van der Waals surface area contributed by atoms with Gasteiger partial charge in [-0.1, -0.05) is 0 Å². The Morgan fingerprint density at radius 1 is 1.15 bits per heavy atom. The van der Waals surface area contributed by atoms with Crippen LogP contribution in [0.3, 0.4) is 0 Å². The van der Waals surface area contributed by atoms with E-state index >= 15 is 0 Å². The molecule has 12 nitrogen and oxygen atoms in total. The quantitative estimate of drug-likeness (QED) is 0.459. The fourth-order valence-electron chi connectivity index (χ4n) is 5.32. The van der Waals surface area contributed by atoms with Crippen molar-refractivity contribution in [2.24, 2.45) is 5.73 Å². The number of aromatic nitrogens is 4. The molecule has 1 saturated heterocycles. The van der Waals surface area contributed by atoms with Crippen LogP contribution in [0.1, 0.15) is 56.0 Å². The van der Waals surface area contributed by atoms with Gasteiger partial charge in [-0.15, -0.1) is 0 Å². The number of carbonyl (C=O) groups excluding carboxylic acids is 2. The summed E-state index contributed by atoms with van der Waals surface area (Å²) in [6.07, 6.45) is 5.21. The van der Waals surface area contributed by atoms with Crippen LogP contribution in [0.2, 0.25) is 0 Å². The van der Waals surface area contributed by atoms with Gasteiger partial charge >= 0.3 is 6.09 Å². The van der Waals surface area contributed by atoms with Crippen LogP contribution in [0.25, 0.3) is 5.69 Å². The molecular formula is C29H38N8O4. The van der Waals surface area contributed by atoms with E-state index < -0.39 is 17.7 Å². The van der Waals surface area contributed by atoms with Gasteiger partial charge in [0, 0.05) is 24.7 Å². The highest BCUT2D eigenvalue weighted by molar-refractivity contribution is 5.84. The molecule has 0 aliphatic carbocycles. The van der Waals surface area contributed by atoms with Gasteiger partial charge in [-0.25, -0.2) is 14.8 Å². The molecular weight excluding hydrogens is 524 g/mol. The molecule has 1 aromatic carbocycles. The molecule has 5 rings (SSSR count). The summed E-state index contributed by atoms with van der Waals surface area (Å²) >= 11 is 0. The standard InChI is InChI=1S/C29H38N8O4/c1-17-12-19(13-23(40-6)18(17)2)36-15-24(31-16-36)33-27-32-21-14-35(28(39)41-29(3,4)5)11-9-20(21)26(34-27)37-10-7-8-22(37)25(30)38/h12-13,15-16,22H,7-11,14H2,1-6H3,(H2,30,38)(H,32,33,34)/t22-/m0/s1. The lowest BCUT2D eigenvalue weighted by molar-refractivity contribution is -0.119. The molecule has 3 aromatic rings. The Morgan fingerprint density at radius 3 is 2.63 bits per heavy atom. The molecule has 2 aliphatic rings. The number of fused-ring (bicyclic) bond motifs is 1. The van der Waals surface area contributed by atoms with Gasteiger partial charge in [0.25, 0.3) is 0 Å². The van der Waals surface area contributed by atoms with Crippen LogP contribution in [0.5, 0.6) is 5.75 Å². The van der Waals surface area contributed by atoms with Gasteiger partial charge < -0.3 is 34.9 Å². The van der Waals surface area contributed by atoms with Crippen molar-refractivity contribution in [1.82, 2.24) is 24.4 Å². The first-order valence-electron chi connectivity index (χ1n) is 13.8. The van der Waals surface area contributed by atoms with E-state index in [9.17, 15) is 9.59 Å². The van der Waals surface area contributed by atoms with Crippen molar-refractivity contribution in [3.05, 3.63) is 47.0 Å². The van der Waals surface area contributed by atoms with Crippen LogP contribution in [0.15, 0.2) is 24.7 Å². The average Bonchev–Trinajstić information content (AvgIpc) is 3.58. The van der Waals surface area contributed by atoms with E-state index in [1.165, 1.54) is 0 Å². The zero-order chi connectivity index (χ0) is 29.5. The second-order valence-electron chi connectivity index (χ2n) is 11.6. The number of methoxy groups -OCH3 is 1. The summed E-state index contributed by atoms with van der Waals surface area (Å²) in [5.74, 6) is 1.96. The Kier molecular flexibility index (Phi) is 7.50. The van der Waals surface area contributed by atoms with Crippen LogP contribution in [-0.4, -0.2) is 68.3 Å². The van der Waals surface area contributed by atoms with E-state index in [0.717, 1.165) is 34.5 Å². The predicted octanol–water partition coefficient (Wildman–Crippen LogP) is 3.78. The predicted molar refractivity (Wildman–Crippen MR) is 155 cm³/mol. The van der Waals surface area contributed by atoms with Crippen molar-refractivity contribution in [3.63, 3.8) is 0 Å². The molecule has 3 N–H and O–H groups in total. The van der Waals surface area contributed by atoms with Gasteiger partial charge in [-0.05, 0) is 71.1 Å². The van der Waals surface area contributed by atoms with Crippen LogP contribution in [0.4, 0.5) is 22.4 Å². The van der Waals surface area contributed by atoms with E-state index in [1.807, 2.05) is 56.3 Å². The summed E-state index contributed by atoms with van der Waals surface area (Å²) in [6.45, 7) is 11.0. The molecule has 0 bridgehead atoms. The molecule has 12 heteroatoms. The number of imidazole rings is 1. The number of primary amides is 1. The number of nitrogens with two attached hydrogens (primary N) is 1. The van der Waals surface area contributed by atoms with Gasteiger partial charge in [-0.2, -0.15) is 4.98 Å². The summed E-state index contributed by atoms with van der Waals surface area (Å²) in [7, 11) is 1.66. The first kappa shape index (κ1) is 28.2. The molecule has 0 radical (unpaired) electrons. The van der Waals surface area contributed by atoms with Crippen LogP contribution >= 0.6 is 0 Å². The number of rotatable bonds is 6. The van der Waals surface area contributed by atoms with Gasteiger partial charge in [-0.3, -0.25) is 4.79 Å². The number of nitrogens with one attached hydrogen (secondary N) is 1. The fourth-order valence-corrected chi connectivity index (χ4v) is 5.32. The lowest BCUT2D eigenvalue weighted by atomic mass is 10.0. The Labute approximate surface area is 239 Å². The molecule has 2 aliphatic heterocycles. The normalized spacial score (nSPS) is 16.9. The molecule has 1 fully saturated rings. The van der Waals surface area contributed by atoms with E-state index in [-0.39, 0.29) is 12.5 Å². The molecule has 0 unspecified atom stereocenters. The number of anilines is 3. The summed E-state index contributed by atoms with van der Waals surface area (Å²) in [5.41, 5.74) is 9.85. The van der Waals surface area contributed by atoms with Gasteiger partial charge in [0.2, 0.25) is 11.9 Å². The number of hydrogen-bond donors (Lipinski definition) is 2. The van der Waals surface area contributed by atoms with Crippen molar-refractivity contribution >= 4 is 29.6 Å². The minimum Gasteiger partial charge on any atom is -0.496 e. The van der Waals surface area contributed by atoms with E-state index in [4.69, 9.17) is 25.2 Å². The molecule has 4 heterocycles. The summed E-state index contributed by atoms with van der Waals surface area (Å²) in [6, 6.07) is 3.59. The lowest BCUT2D eigenvalue weighted by Gasteiger charge is -2.33. The summed E-state index contributed by atoms with van der Waals surface area (Å²) in [5, 5.41) is 3.23. The maximum absolute atomic E-state index is 12.9. The minimum atomic E-state index is -0.607. The molecule has 41 heavy (non-hydrogen) atoms. The third-order valence-electron chi connectivity index (χ3n) is 7.49. The molecule has 2 aromatic heterocycles. The van der Waals surface area contributed by atoms with E-state index in [1.54, 1.807) is 18.3 Å². The van der Waals surface area contributed by atoms with Gasteiger partial charge in [0.1, 0.15) is 29.5 Å². The molecule has 1 atom stereocenters. The second-order valence-corrected chi connectivity index (χ2v) is 11.6. The average molecular weight is 563 g/mol. The topological polar surface area (TPSA) is 141 Å². The molecule has 218 valence electrons. The molecule has 0 spiro atoms. The van der Waals surface area contributed by atoms with Gasteiger partial charge in [0.15, 0.2) is 5.82 Å². The summed E-state index contributed by atoms with van der Waals surface area (Å²) in [4.78, 5) is 42.9. The van der Waals surface area contributed by atoms with Gasteiger partial charge in [0.05, 0.1) is 31.2 Å². The first-order chi connectivity index (χ1) is 19.4. The van der Waals surface area contributed by atoms with Crippen LogP contribution < -0.4 is 20.7 Å². The number of benzene rings is 1. The number of hydrogen-bond acceptors (Lipinski definition) is 9. The van der Waals surface area contributed by atoms with E-state index in [0.29, 0.717) is 49.2 Å². The number of ether oxygens (including phenoxy) is 2. The summed E-state index contributed by atoms with van der Waals surface area (Å²) < 4.78 is 13.0. The zero-order valence-corrected chi connectivity index (χ0v) is 24.5. The smallest absolute Gasteiger partial charge is 0.410 e. The largest absolute Gasteiger partial charge is 0.496 e. The van der Waals surface area contributed by atoms with Crippen molar-refractivity contribution in [2.45, 2.75) is 72.1 Å². The first-order valence-corrected chi connectivity index (χ1v) is 13.8.